The third kappa shape index (κ3) is 6.15. The summed E-state index contributed by atoms with van der Waals surface area (Å²) in [6, 6.07) is 3.54. The molecule has 0 unspecified atom stereocenters. The van der Waals surface area contributed by atoms with E-state index in [1.807, 2.05) is 25.1 Å². The van der Waals surface area contributed by atoms with E-state index in [0.29, 0.717) is 11.1 Å². The Balaban J connectivity index is 2.69. The van der Waals surface area contributed by atoms with E-state index in [9.17, 15) is 17.6 Å². The summed E-state index contributed by atoms with van der Waals surface area (Å²) in [5.74, 6) is -0.298. The predicted octanol–water partition coefficient (Wildman–Crippen LogP) is 5.69. The van der Waals surface area contributed by atoms with E-state index in [0.717, 1.165) is 24.5 Å². The monoisotopic (exact) mass is 300 g/mol. The summed E-state index contributed by atoms with van der Waals surface area (Å²) >= 11 is 0. The molecule has 0 saturated carbocycles. The number of allylic oxidation sites excluding steroid dienone is 4. The van der Waals surface area contributed by atoms with E-state index in [2.05, 4.69) is 0 Å². The van der Waals surface area contributed by atoms with Crippen molar-refractivity contribution in [2.24, 2.45) is 0 Å². The number of benzene rings is 1. The zero-order chi connectivity index (χ0) is 15.9. The highest BCUT2D eigenvalue weighted by Crippen LogP contribution is 2.21. The predicted molar refractivity (Wildman–Crippen MR) is 77.8 cm³/mol. The fourth-order valence-electron chi connectivity index (χ4n) is 2.11. The second-order valence-electron chi connectivity index (χ2n) is 4.91. The molecule has 0 aromatic heterocycles. The molecule has 0 amide bonds. The first-order valence-electron chi connectivity index (χ1n) is 6.97. The molecule has 1 aromatic carbocycles. The Hall–Kier alpha value is -1.58. The van der Waals surface area contributed by atoms with Gasteiger partial charge in [0, 0.05) is 6.08 Å². The molecule has 0 saturated heterocycles. The molecule has 0 nitrogen and oxygen atoms in total. The molecule has 0 spiro atoms. The van der Waals surface area contributed by atoms with Gasteiger partial charge in [-0.25, -0.2) is 4.39 Å². The lowest BCUT2D eigenvalue weighted by Crippen LogP contribution is -2.01. The van der Waals surface area contributed by atoms with Crippen LogP contribution in [-0.2, 0) is 12.8 Å². The average molecular weight is 300 g/mol. The van der Waals surface area contributed by atoms with Crippen molar-refractivity contribution in [1.82, 2.24) is 0 Å². The molecule has 0 heterocycles. The van der Waals surface area contributed by atoms with Crippen LogP contribution in [0, 0.1) is 12.7 Å². The second kappa shape index (κ2) is 8.01. The number of aryl methyl sites for hydroxylation is 2. The van der Waals surface area contributed by atoms with Crippen LogP contribution in [0.3, 0.4) is 0 Å². The van der Waals surface area contributed by atoms with E-state index in [1.54, 1.807) is 13.0 Å². The van der Waals surface area contributed by atoms with Crippen molar-refractivity contribution < 1.29 is 17.6 Å². The smallest absolute Gasteiger partial charge is 0.206 e. The molecule has 0 bridgehead atoms. The van der Waals surface area contributed by atoms with Crippen molar-refractivity contribution in [3.8, 4) is 0 Å². The van der Waals surface area contributed by atoms with Gasteiger partial charge in [0.1, 0.15) is 5.82 Å². The van der Waals surface area contributed by atoms with Crippen LogP contribution in [0.2, 0.25) is 0 Å². The second-order valence-corrected chi connectivity index (χ2v) is 4.91. The van der Waals surface area contributed by atoms with Gasteiger partial charge in [0.05, 0.1) is 0 Å². The standard InChI is InChI=1S/C17H20F4/c1-3-4-5-8-14-10-11-15(16(18)13(14)2)9-6-7-12-17(19,20)21/h3-4,7,10-12H,5-6,8-9H2,1-2H3/b4-3+,12-7+. The maximum absolute atomic E-state index is 14.2. The summed E-state index contributed by atoms with van der Waals surface area (Å²) in [6.45, 7) is 3.65. The van der Waals surface area contributed by atoms with Crippen LogP contribution in [0.1, 0.15) is 36.5 Å². The molecule has 0 N–H and O–H groups in total. The van der Waals surface area contributed by atoms with Crippen LogP contribution in [0.5, 0.6) is 0 Å². The normalized spacial score (nSPS) is 12.7. The van der Waals surface area contributed by atoms with Crippen molar-refractivity contribution in [2.45, 2.75) is 45.7 Å². The van der Waals surface area contributed by atoms with E-state index < -0.39 is 6.18 Å². The Kier molecular flexibility index (Phi) is 6.66. The van der Waals surface area contributed by atoms with E-state index in [1.165, 1.54) is 0 Å². The molecule has 21 heavy (non-hydrogen) atoms. The van der Waals surface area contributed by atoms with E-state index >= 15 is 0 Å². The fourth-order valence-corrected chi connectivity index (χ4v) is 2.11. The quantitative estimate of drug-likeness (QED) is 0.467. The SMILES string of the molecule is C/C=C/CCc1ccc(CC/C=C/C(F)(F)F)c(F)c1C. The molecule has 0 atom stereocenters. The zero-order valence-corrected chi connectivity index (χ0v) is 12.3. The highest BCUT2D eigenvalue weighted by atomic mass is 19.4. The molecule has 0 aliphatic heterocycles. The number of rotatable bonds is 6. The maximum Gasteiger partial charge on any atom is 0.409 e. The van der Waals surface area contributed by atoms with Gasteiger partial charge in [0.25, 0.3) is 0 Å². The maximum atomic E-state index is 14.2. The molecular formula is C17H20F4. The molecule has 0 fully saturated rings. The van der Waals surface area contributed by atoms with Gasteiger partial charge in [0.2, 0.25) is 0 Å². The molecular weight excluding hydrogens is 280 g/mol. The molecule has 1 aromatic rings. The molecule has 0 aliphatic carbocycles. The lowest BCUT2D eigenvalue weighted by atomic mass is 9.98. The summed E-state index contributed by atoms with van der Waals surface area (Å²) in [7, 11) is 0. The Morgan fingerprint density at radius 3 is 2.19 bits per heavy atom. The Bertz CT molecular complexity index is 510. The Labute approximate surface area is 123 Å². The first-order valence-corrected chi connectivity index (χ1v) is 6.97. The van der Waals surface area contributed by atoms with Gasteiger partial charge in [-0.05, 0) is 56.2 Å². The summed E-state index contributed by atoms with van der Waals surface area (Å²) in [5.41, 5.74) is 2.01. The van der Waals surface area contributed by atoms with Crippen molar-refractivity contribution >= 4 is 0 Å². The van der Waals surface area contributed by atoms with Gasteiger partial charge in [-0.1, -0.05) is 30.4 Å². The molecule has 1 rings (SSSR count). The van der Waals surface area contributed by atoms with Crippen LogP contribution in [0.15, 0.2) is 36.4 Å². The lowest BCUT2D eigenvalue weighted by Gasteiger charge is -2.10. The number of alkyl halides is 3. The third-order valence-electron chi connectivity index (χ3n) is 3.28. The van der Waals surface area contributed by atoms with Crippen LogP contribution in [-0.4, -0.2) is 6.18 Å². The summed E-state index contributed by atoms with van der Waals surface area (Å²) < 4.78 is 50.0. The van der Waals surface area contributed by atoms with Crippen molar-refractivity contribution in [1.29, 1.82) is 0 Å². The topological polar surface area (TPSA) is 0 Å². The zero-order valence-electron chi connectivity index (χ0n) is 12.3. The van der Waals surface area contributed by atoms with E-state index in [-0.39, 0.29) is 24.7 Å². The third-order valence-corrected chi connectivity index (χ3v) is 3.28. The number of hydrogen-bond donors (Lipinski definition) is 0. The van der Waals surface area contributed by atoms with Gasteiger partial charge in [-0.3, -0.25) is 0 Å². The molecule has 0 radical (unpaired) electrons. The van der Waals surface area contributed by atoms with E-state index in [4.69, 9.17) is 0 Å². The van der Waals surface area contributed by atoms with Gasteiger partial charge >= 0.3 is 6.18 Å². The number of halogens is 4. The van der Waals surface area contributed by atoms with Gasteiger partial charge in [-0.15, -0.1) is 0 Å². The molecule has 4 heteroatoms. The summed E-state index contributed by atoms with van der Waals surface area (Å²) in [5, 5.41) is 0. The lowest BCUT2D eigenvalue weighted by molar-refractivity contribution is -0.0800. The first-order chi connectivity index (χ1) is 9.85. The van der Waals surface area contributed by atoms with Crippen LogP contribution < -0.4 is 0 Å². The van der Waals surface area contributed by atoms with Crippen LogP contribution in [0.25, 0.3) is 0 Å². The minimum Gasteiger partial charge on any atom is -0.206 e. The molecule has 116 valence electrons. The molecule has 0 aliphatic rings. The van der Waals surface area contributed by atoms with Gasteiger partial charge in [-0.2, -0.15) is 13.2 Å². The van der Waals surface area contributed by atoms with Gasteiger partial charge < -0.3 is 0 Å². The minimum absolute atomic E-state index is 0.174. The average Bonchev–Trinajstić information content (AvgIpc) is 2.40. The van der Waals surface area contributed by atoms with Crippen molar-refractivity contribution in [2.75, 3.05) is 0 Å². The van der Waals surface area contributed by atoms with Crippen molar-refractivity contribution in [3.63, 3.8) is 0 Å². The Morgan fingerprint density at radius 1 is 1.00 bits per heavy atom. The largest absolute Gasteiger partial charge is 0.409 e. The Morgan fingerprint density at radius 2 is 1.57 bits per heavy atom. The summed E-state index contributed by atoms with van der Waals surface area (Å²) in [4.78, 5) is 0. The number of hydrogen-bond acceptors (Lipinski definition) is 0. The highest BCUT2D eigenvalue weighted by molar-refractivity contribution is 5.33. The minimum atomic E-state index is -4.30. The van der Waals surface area contributed by atoms with Gasteiger partial charge in [0.15, 0.2) is 0 Å². The highest BCUT2D eigenvalue weighted by Gasteiger charge is 2.21. The van der Waals surface area contributed by atoms with Crippen LogP contribution in [0.4, 0.5) is 17.6 Å². The van der Waals surface area contributed by atoms with Crippen LogP contribution >= 0.6 is 0 Å². The van der Waals surface area contributed by atoms with Crippen molar-refractivity contribution in [3.05, 3.63) is 58.9 Å². The fraction of sp³-hybridized carbons (Fsp3) is 0.412. The first kappa shape index (κ1) is 17.5. The summed E-state index contributed by atoms with van der Waals surface area (Å²) in [6.07, 6.45) is 2.97.